The van der Waals surface area contributed by atoms with E-state index in [9.17, 15) is 8.42 Å². The highest BCUT2D eigenvalue weighted by Crippen LogP contribution is 2.26. The average Bonchev–Trinajstić information content (AvgIpc) is 3.00. The molecule has 1 aliphatic heterocycles. The number of benzene rings is 1. The van der Waals surface area contributed by atoms with Crippen LogP contribution in [-0.2, 0) is 16.6 Å². The van der Waals surface area contributed by atoms with Crippen LogP contribution in [0.2, 0.25) is 0 Å². The number of nitrogens with one attached hydrogen (secondary N) is 1. The number of aryl methyl sites for hydroxylation is 1. The van der Waals surface area contributed by atoms with Crippen molar-refractivity contribution in [3.05, 3.63) is 47.9 Å². The quantitative estimate of drug-likeness (QED) is 0.892. The molecule has 1 aromatic heterocycles. The zero-order chi connectivity index (χ0) is 17.2. The van der Waals surface area contributed by atoms with Crippen LogP contribution >= 0.6 is 0 Å². The maximum atomic E-state index is 12.2. The average molecular weight is 349 g/mol. The van der Waals surface area contributed by atoms with Crippen LogP contribution < -0.4 is 9.62 Å². The van der Waals surface area contributed by atoms with Crippen molar-refractivity contribution < 1.29 is 12.8 Å². The molecule has 0 radical (unpaired) electrons. The van der Waals surface area contributed by atoms with Crippen molar-refractivity contribution in [2.45, 2.75) is 18.4 Å². The second kappa shape index (κ2) is 6.96. The maximum Gasteiger partial charge on any atom is 0.242 e. The van der Waals surface area contributed by atoms with E-state index in [0.29, 0.717) is 4.90 Å². The number of furan rings is 1. The Kier molecular flexibility index (Phi) is 4.93. The fourth-order valence-corrected chi connectivity index (χ4v) is 3.92. The van der Waals surface area contributed by atoms with Crippen LogP contribution in [-0.4, -0.2) is 46.5 Å². The van der Waals surface area contributed by atoms with Gasteiger partial charge in [-0.1, -0.05) is 12.1 Å². The second-order valence-corrected chi connectivity index (χ2v) is 7.82. The van der Waals surface area contributed by atoms with Gasteiger partial charge in [-0.05, 0) is 37.7 Å². The van der Waals surface area contributed by atoms with Crippen molar-refractivity contribution in [1.82, 2.24) is 9.62 Å². The van der Waals surface area contributed by atoms with Gasteiger partial charge >= 0.3 is 0 Å². The number of nitrogens with zero attached hydrogens (tertiary/aromatic N) is 2. The lowest BCUT2D eigenvalue weighted by Gasteiger charge is -2.36. The van der Waals surface area contributed by atoms with Gasteiger partial charge in [0.2, 0.25) is 10.0 Å². The van der Waals surface area contributed by atoms with E-state index in [0.717, 1.165) is 44.2 Å². The van der Waals surface area contributed by atoms with Crippen molar-refractivity contribution in [3.63, 3.8) is 0 Å². The van der Waals surface area contributed by atoms with E-state index in [4.69, 9.17) is 4.42 Å². The number of hydrogen-bond acceptors (Lipinski definition) is 5. The van der Waals surface area contributed by atoms with Crippen LogP contribution in [0.25, 0.3) is 0 Å². The molecule has 0 aliphatic carbocycles. The van der Waals surface area contributed by atoms with E-state index in [2.05, 4.69) is 14.5 Å². The van der Waals surface area contributed by atoms with Gasteiger partial charge in [-0.15, -0.1) is 0 Å². The lowest BCUT2D eigenvalue weighted by Crippen LogP contribution is -2.46. The molecule has 7 heteroatoms. The number of anilines is 1. The molecule has 0 bridgehead atoms. The molecule has 2 heterocycles. The second-order valence-electron chi connectivity index (χ2n) is 5.97. The van der Waals surface area contributed by atoms with Crippen LogP contribution in [0.1, 0.15) is 11.3 Å². The topological polar surface area (TPSA) is 65.8 Å². The van der Waals surface area contributed by atoms with Crippen molar-refractivity contribution in [3.8, 4) is 0 Å². The third-order valence-corrected chi connectivity index (χ3v) is 5.93. The predicted octanol–water partition coefficient (Wildman–Crippen LogP) is 1.82. The first kappa shape index (κ1) is 17.0. The molecule has 0 saturated carbocycles. The minimum atomic E-state index is -3.46. The van der Waals surface area contributed by atoms with Crippen LogP contribution in [0.3, 0.4) is 0 Å². The molecule has 6 nitrogen and oxygen atoms in total. The number of para-hydroxylation sites is 1. The molecule has 130 valence electrons. The molecular formula is C17H23N3O3S. The molecule has 1 fully saturated rings. The zero-order valence-electron chi connectivity index (χ0n) is 14.0. The van der Waals surface area contributed by atoms with E-state index >= 15 is 0 Å². The predicted molar refractivity (Wildman–Crippen MR) is 93.6 cm³/mol. The summed E-state index contributed by atoms with van der Waals surface area (Å²) in [6.45, 7) is 6.16. The minimum absolute atomic E-state index is 0.336. The molecule has 0 unspecified atom stereocenters. The van der Waals surface area contributed by atoms with Gasteiger partial charge in [0.15, 0.2) is 0 Å². The van der Waals surface area contributed by atoms with Crippen LogP contribution in [0, 0.1) is 6.92 Å². The van der Waals surface area contributed by atoms with Crippen LogP contribution in [0.15, 0.2) is 45.9 Å². The van der Waals surface area contributed by atoms with E-state index < -0.39 is 10.0 Å². The van der Waals surface area contributed by atoms with Crippen LogP contribution in [0.4, 0.5) is 5.69 Å². The maximum absolute atomic E-state index is 12.2. The van der Waals surface area contributed by atoms with Crippen molar-refractivity contribution in [2.24, 2.45) is 0 Å². The summed E-state index contributed by atoms with van der Waals surface area (Å²) in [5, 5.41) is 0. The van der Waals surface area contributed by atoms with Gasteiger partial charge in [-0.25, -0.2) is 13.1 Å². The molecule has 1 aromatic carbocycles. The van der Waals surface area contributed by atoms with Gasteiger partial charge in [0.1, 0.15) is 10.7 Å². The standard InChI is InChI=1S/C17H23N3O3S/c1-14-7-12-23-16(14)13-19-8-10-20(11-9-19)15-5-3-4-6-17(15)24(21,22)18-2/h3-7,12,18H,8-11,13H2,1-2H3. The number of piperazine rings is 1. The first-order valence-electron chi connectivity index (χ1n) is 8.04. The lowest BCUT2D eigenvalue weighted by atomic mass is 10.2. The molecule has 1 N–H and O–H groups in total. The molecule has 3 rings (SSSR count). The fourth-order valence-electron chi connectivity index (χ4n) is 2.97. The summed E-state index contributed by atoms with van der Waals surface area (Å²) in [7, 11) is -2.02. The molecule has 24 heavy (non-hydrogen) atoms. The number of hydrogen-bond donors (Lipinski definition) is 1. The Balaban J connectivity index is 1.70. The summed E-state index contributed by atoms with van der Waals surface area (Å²) in [4.78, 5) is 4.80. The minimum Gasteiger partial charge on any atom is -0.468 e. The smallest absolute Gasteiger partial charge is 0.242 e. The monoisotopic (exact) mass is 349 g/mol. The number of sulfonamides is 1. The molecule has 1 aliphatic rings. The van der Waals surface area contributed by atoms with Gasteiger partial charge in [-0.2, -0.15) is 0 Å². The van der Waals surface area contributed by atoms with Gasteiger partial charge < -0.3 is 9.32 Å². The molecule has 0 atom stereocenters. The summed E-state index contributed by atoms with van der Waals surface area (Å²) in [5.41, 5.74) is 1.93. The van der Waals surface area contributed by atoms with Crippen LogP contribution in [0.5, 0.6) is 0 Å². The Bertz CT molecular complexity index is 793. The van der Waals surface area contributed by atoms with Gasteiger partial charge in [-0.3, -0.25) is 4.90 Å². The highest BCUT2D eigenvalue weighted by atomic mass is 32.2. The third-order valence-electron chi connectivity index (χ3n) is 4.47. The number of rotatable bonds is 5. The summed E-state index contributed by atoms with van der Waals surface area (Å²) < 4.78 is 32.4. The Morgan fingerprint density at radius 2 is 1.83 bits per heavy atom. The van der Waals surface area contributed by atoms with Crippen molar-refractivity contribution >= 4 is 15.7 Å². The fraction of sp³-hybridized carbons (Fsp3) is 0.412. The van der Waals surface area contributed by atoms with Crippen molar-refractivity contribution in [2.75, 3.05) is 38.1 Å². The summed E-state index contributed by atoms with van der Waals surface area (Å²) in [5.74, 6) is 1.00. The van der Waals surface area contributed by atoms with E-state index in [1.165, 1.54) is 12.6 Å². The first-order valence-corrected chi connectivity index (χ1v) is 9.52. The highest BCUT2D eigenvalue weighted by molar-refractivity contribution is 7.89. The third kappa shape index (κ3) is 3.48. The first-order chi connectivity index (χ1) is 11.5. The summed E-state index contributed by atoms with van der Waals surface area (Å²) in [6.07, 6.45) is 1.72. The lowest BCUT2D eigenvalue weighted by molar-refractivity contribution is 0.229. The van der Waals surface area contributed by atoms with Crippen molar-refractivity contribution in [1.29, 1.82) is 0 Å². The molecule has 1 saturated heterocycles. The SMILES string of the molecule is CNS(=O)(=O)c1ccccc1N1CCN(Cc2occc2C)CC1. The molecule has 0 amide bonds. The van der Waals surface area contributed by atoms with E-state index in [-0.39, 0.29) is 0 Å². The molecule has 0 spiro atoms. The summed E-state index contributed by atoms with van der Waals surface area (Å²) in [6, 6.07) is 9.13. The molecular weight excluding hydrogens is 326 g/mol. The Morgan fingerprint density at radius 1 is 1.12 bits per heavy atom. The highest BCUT2D eigenvalue weighted by Gasteiger charge is 2.24. The van der Waals surface area contributed by atoms with Gasteiger partial charge in [0.05, 0.1) is 18.5 Å². The Morgan fingerprint density at radius 3 is 2.46 bits per heavy atom. The van der Waals surface area contributed by atoms with E-state index in [1.54, 1.807) is 18.4 Å². The Hall–Kier alpha value is -1.83. The largest absolute Gasteiger partial charge is 0.468 e. The molecule has 2 aromatic rings. The normalized spacial score (nSPS) is 16.5. The summed E-state index contributed by atoms with van der Waals surface area (Å²) >= 11 is 0. The van der Waals surface area contributed by atoms with Gasteiger partial charge in [0, 0.05) is 26.2 Å². The Labute approximate surface area is 143 Å². The van der Waals surface area contributed by atoms with E-state index in [1.807, 2.05) is 25.1 Å². The zero-order valence-corrected chi connectivity index (χ0v) is 14.8. The van der Waals surface area contributed by atoms with Gasteiger partial charge in [0.25, 0.3) is 0 Å².